The van der Waals surface area contributed by atoms with Gasteiger partial charge in [0.25, 0.3) is 5.91 Å². The number of halogens is 2. The molecule has 0 aliphatic rings. The van der Waals surface area contributed by atoms with Gasteiger partial charge in [-0.05, 0) is 31.2 Å². The van der Waals surface area contributed by atoms with E-state index in [1.54, 1.807) is 24.3 Å². The highest BCUT2D eigenvalue weighted by molar-refractivity contribution is 7.89. The highest BCUT2D eigenvalue weighted by atomic mass is 35.5. The predicted octanol–water partition coefficient (Wildman–Crippen LogP) is 2.33. The summed E-state index contributed by atoms with van der Waals surface area (Å²) in [6.45, 7) is 0.551. The van der Waals surface area contributed by atoms with Gasteiger partial charge in [0.1, 0.15) is 17.3 Å². The van der Waals surface area contributed by atoms with Crippen LogP contribution in [0.3, 0.4) is 0 Å². The van der Waals surface area contributed by atoms with Crippen molar-refractivity contribution in [2.45, 2.75) is 17.9 Å². The van der Waals surface area contributed by atoms with Crippen LogP contribution in [0.2, 0.25) is 5.02 Å². The van der Waals surface area contributed by atoms with Crippen LogP contribution in [-0.4, -0.2) is 32.9 Å². The first kappa shape index (κ1) is 20.8. The second-order valence-electron chi connectivity index (χ2n) is 5.36. The summed E-state index contributed by atoms with van der Waals surface area (Å²) in [5.74, 6) is -2.60. The van der Waals surface area contributed by atoms with Gasteiger partial charge < -0.3 is 10.1 Å². The molecule has 2 aromatic rings. The number of carbonyl (C=O) groups is 2. The molecule has 2 aromatic carbocycles. The molecule has 0 aliphatic heterocycles. The summed E-state index contributed by atoms with van der Waals surface area (Å²) in [5, 5.41) is 2.79. The van der Waals surface area contributed by atoms with E-state index in [4.69, 9.17) is 16.3 Å². The minimum atomic E-state index is -4.24. The zero-order valence-corrected chi connectivity index (χ0v) is 15.7. The Kier molecular flexibility index (Phi) is 6.89. The zero-order chi connectivity index (χ0) is 20.0. The molecule has 0 radical (unpaired) electrons. The van der Waals surface area contributed by atoms with Crippen molar-refractivity contribution < 1.29 is 27.1 Å². The Hall–Kier alpha value is -2.49. The summed E-state index contributed by atoms with van der Waals surface area (Å²) in [6.07, 6.45) is -1.20. The molecule has 0 fully saturated rings. The molecule has 1 amide bonds. The van der Waals surface area contributed by atoms with Gasteiger partial charge >= 0.3 is 5.97 Å². The van der Waals surface area contributed by atoms with Crippen molar-refractivity contribution in [3.05, 3.63) is 59.4 Å². The fourth-order valence-electron chi connectivity index (χ4n) is 1.98. The number of anilines is 1. The number of sulfonamides is 1. The Morgan fingerprint density at radius 3 is 2.44 bits per heavy atom. The van der Waals surface area contributed by atoms with Crippen LogP contribution in [0.25, 0.3) is 0 Å². The van der Waals surface area contributed by atoms with Crippen molar-refractivity contribution in [2.75, 3.05) is 11.9 Å². The predicted molar refractivity (Wildman–Crippen MR) is 97.2 cm³/mol. The molecule has 0 bridgehead atoms. The van der Waals surface area contributed by atoms with E-state index in [-0.39, 0.29) is 0 Å². The molecular weight excluding hydrogens is 399 g/mol. The van der Waals surface area contributed by atoms with Gasteiger partial charge in [0.05, 0.1) is 10.7 Å². The quantitative estimate of drug-likeness (QED) is 0.677. The van der Waals surface area contributed by atoms with E-state index in [0.717, 1.165) is 12.1 Å². The maximum absolute atomic E-state index is 13.6. The molecule has 0 saturated carbocycles. The maximum Gasteiger partial charge on any atom is 0.321 e. The third kappa shape index (κ3) is 5.75. The molecule has 2 N–H and O–H groups in total. The number of benzene rings is 2. The number of hydrogen-bond donors (Lipinski definition) is 2. The van der Waals surface area contributed by atoms with Gasteiger partial charge in [0.2, 0.25) is 10.0 Å². The zero-order valence-electron chi connectivity index (χ0n) is 14.1. The molecule has 1 atom stereocenters. The van der Waals surface area contributed by atoms with Gasteiger partial charge in [-0.25, -0.2) is 12.8 Å². The van der Waals surface area contributed by atoms with Crippen LogP contribution < -0.4 is 10.0 Å². The second-order valence-corrected chi connectivity index (χ2v) is 7.50. The van der Waals surface area contributed by atoms with E-state index in [2.05, 4.69) is 5.32 Å². The first-order valence-electron chi connectivity index (χ1n) is 7.70. The van der Waals surface area contributed by atoms with E-state index in [0.29, 0.717) is 10.7 Å². The van der Waals surface area contributed by atoms with E-state index < -0.39 is 45.3 Å². The van der Waals surface area contributed by atoms with Crippen molar-refractivity contribution in [2.24, 2.45) is 0 Å². The summed E-state index contributed by atoms with van der Waals surface area (Å²) in [6, 6.07) is 11.2. The molecule has 0 unspecified atom stereocenters. The summed E-state index contributed by atoms with van der Waals surface area (Å²) in [7, 11) is -4.24. The number of nitrogens with one attached hydrogen (secondary N) is 2. The minimum Gasteiger partial charge on any atom is -0.452 e. The van der Waals surface area contributed by atoms with Gasteiger partial charge in [-0.1, -0.05) is 35.9 Å². The maximum atomic E-state index is 13.6. The third-order valence-corrected chi connectivity index (χ3v) is 5.11. The Labute approximate surface area is 160 Å². The molecule has 7 nitrogen and oxygen atoms in total. The first-order chi connectivity index (χ1) is 12.7. The molecule has 2 rings (SSSR count). The lowest BCUT2D eigenvalue weighted by Crippen LogP contribution is -2.36. The number of para-hydroxylation sites is 1. The summed E-state index contributed by atoms with van der Waals surface area (Å²) >= 11 is 5.92. The largest absolute Gasteiger partial charge is 0.452 e. The molecule has 27 heavy (non-hydrogen) atoms. The first-order valence-corrected chi connectivity index (χ1v) is 9.56. The summed E-state index contributed by atoms with van der Waals surface area (Å²) in [4.78, 5) is 23.2. The SMILES string of the molecule is C[C@@H](OC(=O)CNS(=O)(=O)c1ccccc1F)C(=O)Nc1ccccc1Cl. The average molecular weight is 415 g/mol. The van der Waals surface area contributed by atoms with Crippen LogP contribution in [0.1, 0.15) is 6.92 Å². The van der Waals surface area contributed by atoms with Crippen molar-refractivity contribution in [1.82, 2.24) is 4.72 Å². The molecule has 144 valence electrons. The minimum absolute atomic E-state index is 0.307. The van der Waals surface area contributed by atoms with Crippen LogP contribution in [0.4, 0.5) is 10.1 Å². The van der Waals surface area contributed by atoms with E-state index in [9.17, 15) is 22.4 Å². The Morgan fingerprint density at radius 1 is 1.15 bits per heavy atom. The average Bonchev–Trinajstić information content (AvgIpc) is 2.62. The molecule has 0 spiro atoms. The van der Waals surface area contributed by atoms with Crippen molar-refractivity contribution in [3.8, 4) is 0 Å². The topological polar surface area (TPSA) is 102 Å². The van der Waals surface area contributed by atoms with E-state index in [1.165, 1.54) is 19.1 Å². The van der Waals surface area contributed by atoms with Gasteiger partial charge in [-0.15, -0.1) is 0 Å². The Balaban J connectivity index is 1.90. The molecule has 0 aromatic heterocycles. The van der Waals surface area contributed by atoms with Gasteiger partial charge in [-0.2, -0.15) is 4.72 Å². The van der Waals surface area contributed by atoms with Crippen molar-refractivity contribution in [3.63, 3.8) is 0 Å². The highest BCUT2D eigenvalue weighted by Gasteiger charge is 2.22. The van der Waals surface area contributed by atoms with Gasteiger partial charge in [0, 0.05) is 0 Å². The lowest BCUT2D eigenvalue weighted by atomic mass is 10.3. The van der Waals surface area contributed by atoms with Gasteiger partial charge in [0.15, 0.2) is 6.10 Å². The number of rotatable bonds is 7. The molecule has 0 aliphatic carbocycles. The lowest BCUT2D eigenvalue weighted by molar-refractivity contribution is -0.151. The Morgan fingerprint density at radius 2 is 1.78 bits per heavy atom. The van der Waals surface area contributed by atoms with Crippen LogP contribution in [0.5, 0.6) is 0 Å². The molecule has 10 heteroatoms. The number of hydrogen-bond acceptors (Lipinski definition) is 5. The standard InChI is InChI=1S/C17H16ClFN2O5S/c1-11(17(23)21-14-8-4-2-6-12(14)18)26-16(22)10-20-27(24,25)15-9-5-3-7-13(15)19/h2-9,11,20H,10H2,1H3,(H,21,23)/t11-/m1/s1. The molecular formula is C17H16ClFN2O5S. The van der Waals surface area contributed by atoms with Crippen molar-refractivity contribution >= 4 is 39.2 Å². The number of amides is 1. The van der Waals surface area contributed by atoms with Gasteiger partial charge in [-0.3, -0.25) is 9.59 Å². The third-order valence-electron chi connectivity index (χ3n) is 3.34. The number of ether oxygens (including phenoxy) is 1. The lowest BCUT2D eigenvalue weighted by Gasteiger charge is -2.14. The summed E-state index contributed by atoms with van der Waals surface area (Å²) in [5.41, 5.74) is 0.340. The summed E-state index contributed by atoms with van der Waals surface area (Å²) < 4.78 is 44.4. The van der Waals surface area contributed by atoms with Crippen LogP contribution in [0.15, 0.2) is 53.4 Å². The second kappa shape index (κ2) is 8.94. The van der Waals surface area contributed by atoms with E-state index in [1.807, 2.05) is 4.72 Å². The normalized spacial score (nSPS) is 12.3. The fourth-order valence-corrected chi connectivity index (χ4v) is 3.21. The smallest absolute Gasteiger partial charge is 0.321 e. The van der Waals surface area contributed by atoms with Crippen LogP contribution in [-0.2, 0) is 24.3 Å². The van der Waals surface area contributed by atoms with Crippen LogP contribution >= 0.6 is 11.6 Å². The number of carbonyl (C=O) groups excluding carboxylic acids is 2. The highest BCUT2D eigenvalue weighted by Crippen LogP contribution is 2.20. The number of esters is 1. The van der Waals surface area contributed by atoms with E-state index >= 15 is 0 Å². The Bertz CT molecular complexity index is 952. The van der Waals surface area contributed by atoms with Crippen LogP contribution in [0, 0.1) is 5.82 Å². The molecule has 0 heterocycles. The molecule has 0 saturated heterocycles. The monoisotopic (exact) mass is 414 g/mol. The van der Waals surface area contributed by atoms with Crippen molar-refractivity contribution in [1.29, 1.82) is 0 Å². The fraction of sp³-hybridized carbons (Fsp3) is 0.176.